The number of anilines is 3. The molecule has 0 saturated heterocycles. The van der Waals surface area contributed by atoms with E-state index in [1.807, 2.05) is 50.1 Å². The van der Waals surface area contributed by atoms with Gasteiger partial charge in [0.05, 0.1) is 46.8 Å². The predicted molar refractivity (Wildman–Crippen MR) is 133 cm³/mol. The molecule has 1 aliphatic rings. The van der Waals surface area contributed by atoms with Crippen molar-refractivity contribution in [3.05, 3.63) is 83.8 Å². The second-order valence-electron chi connectivity index (χ2n) is 9.47. The van der Waals surface area contributed by atoms with Gasteiger partial charge >= 0.3 is 6.18 Å². The molecule has 0 radical (unpaired) electrons. The standard InChI is InChI=1S/C28H22F4N4/c1-27(2,15-33)18-5-8-20(9-6-18)36-16-35(3)25-14-34-24-11-4-17(12-22(24)26(25)36)21-13-19(28(30,31)32)7-10-23(21)29/h4-14H,16H2,1-3H3. The molecule has 5 rings (SSSR count). The van der Waals surface area contributed by atoms with Crippen molar-refractivity contribution in [3.8, 4) is 17.2 Å². The summed E-state index contributed by atoms with van der Waals surface area (Å²) in [6.45, 7) is 4.24. The highest BCUT2D eigenvalue weighted by Gasteiger charge is 2.32. The van der Waals surface area contributed by atoms with Gasteiger partial charge in [0.2, 0.25) is 0 Å². The van der Waals surface area contributed by atoms with Crippen molar-refractivity contribution in [1.82, 2.24) is 4.98 Å². The number of halogens is 4. The minimum atomic E-state index is -4.58. The average Bonchev–Trinajstić information content (AvgIpc) is 3.20. The molecule has 1 aliphatic heterocycles. The van der Waals surface area contributed by atoms with Gasteiger partial charge < -0.3 is 9.80 Å². The van der Waals surface area contributed by atoms with Crippen LogP contribution in [0, 0.1) is 17.1 Å². The zero-order valence-corrected chi connectivity index (χ0v) is 19.9. The number of nitriles is 1. The van der Waals surface area contributed by atoms with Crippen molar-refractivity contribution in [2.24, 2.45) is 0 Å². The predicted octanol–water partition coefficient (Wildman–Crippen LogP) is 7.41. The molecular weight excluding hydrogens is 468 g/mol. The van der Waals surface area contributed by atoms with Crippen LogP contribution in [0.2, 0.25) is 0 Å². The zero-order valence-electron chi connectivity index (χ0n) is 19.9. The Kier molecular flexibility index (Phi) is 5.40. The lowest BCUT2D eigenvalue weighted by Crippen LogP contribution is -2.24. The first-order valence-corrected chi connectivity index (χ1v) is 11.3. The number of rotatable bonds is 3. The molecule has 0 N–H and O–H groups in total. The van der Waals surface area contributed by atoms with Crippen LogP contribution in [-0.2, 0) is 11.6 Å². The molecule has 182 valence electrons. The first-order chi connectivity index (χ1) is 17.0. The van der Waals surface area contributed by atoms with E-state index >= 15 is 0 Å². The van der Waals surface area contributed by atoms with Crippen LogP contribution in [-0.4, -0.2) is 18.7 Å². The van der Waals surface area contributed by atoms with E-state index in [0.717, 1.165) is 40.8 Å². The summed E-state index contributed by atoms with van der Waals surface area (Å²) in [4.78, 5) is 8.62. The van der Waals surface area contributed by atoms with E-state index < -0.39 is 23.0 Å². The molecule has 0 spiro atoms. The Morgan fingerprint density at radius 3 is 2.31 bits per heavy atom. The van der Waals surface area contributed by atoms with Crippen LogP contribution in [0.15, 0.2) is 66.9 Å². The number of pyridine rings is 1. The summed E-state index contributed by atoms with van der Waals surface area (Å²) < 4.78 is 54.5. The van der Waals surface area contributed by atoms with Crippen LogP contribution in [0.25, 0.3) is 22.0 Å². The van der Waals surface area contributed by atoms with Crippen LogP contribution in [0.3, 0.4) is 0 Å². The number of hydrogen-bond donors (Lipinski definition) is 0. The molecule has 0 atom stereocenters. The molecule has 36 heavy (non-hydrogen) atoms. The normalized spacial score (nSPS) is 13.7. The lowest BCUT2D eigenvalue weighted by atomic mass is 9.86. The van der Waals surface area contributed by atoms with Crippen LogP contribution >= 0.6 is 0 Å². The third kappa shape index (κ3) is 3.91. The Hall–Kier alpha value is -4.12. The van der Waals surface area contributed by atoms with Crippen LogP contribution in [0.4, 0.5) is 34.6 Å². The Morgan fingerprint density at radius 1 is 0.944 bits per heavy atom. The highest BCUT2D eigenvalue weighted by Crippen LogP contribution is 2.45. The van der Waals surface area contributed by atoms with E-state index in [9.17, 15) is 22.8 Å². The minimum Gasteiger partial charge on any atom is -0.354 e. The molecule has 0 amide bonds. The molecular formula is C28H22F4N4. The summed E-state index contributed by atoms with van der Waals surface area (Å²) in [6.07, 6.45) is -2.82. The van der Waals surface area contributed by atoms with E-state index in [-0.39, 0.29) is 5.56 Å². The lowest BCUT2D eigenvalue weighted by molar-refractivity contribution is -0.137. The van der Waals surface area contributed by atoms with Gasteiger partial charge in [-0.15, -0.1) is 0 Å². The number of alkyl halides is 3. The van der Waals surface area contributed by atoms with Crippen LogP contribution in [0.1, 0.15) is 25.0 Å². The molecule has 4 aromatic rings. The lowest BCUT2D eigenvalue weighted by Gasteiger charge is -2.22. The average molecular weight is 491 g/mol. The number of fused-ring (bicyclic) bond motifs is 3. The largest absolute Gasteiger partial charge is 0.416 e. The molecule has 0 aliphatic carbocycles. The summed E-state index contributed by atoms with van der Waals surface area (Å²) in [5.74, 6) is -0.729. The smallest absolute Gasteiger partial charge is 0.354 e. The van der Waals surface area contributed by atoms with Gasteiger partial charge in [-0.25, -0.2) is 4.39 Å². The molecule has 8 heteroatoms. The fraction of sp³-hybridized carbons (Fsp3) is 0.214. The van der Waals surface area contributed by atoms with Gasteiger partial charge in [0.15, 0.2) is 0 Å². The van der Waals surface area contributed by atoms with Gasteiger partial charge in [0.1, 0.15) is 5.82 Å². The number of aromatic nitrogens is 1. The first-order valence-electron chi connectivity index (χ1n) is 11.3. The Morgan fingerprint density at radius 2 is 1.64 bits per heavy atom. The van der Waals surface area contributed by atoms with Crippen molar-refractivity contribution in [3.63, 3.8) is 0 Å². The summed E-state index contributed by atoms with van der Waals surface area (Å²) in [6, 6.07) is 17.4. The fourth-order valence-electron chi connectivity index (χ4n) is 4.51. The summed E-state index contributed by atoms with van der Waals surface area (Å²) >= 11 is 0. The second-order valence-corrected chi connectivity index (χ2v) is 9.47. The number of nitrogens with zero attached hydrogens (tertiary/aromatic N) is 4. The Balaban J connectivity index is 1.65. The zero-order chi connectivity index (χ0) is 25.8. The summed E-state index contributed by atoms with van der Waals surface area (Å²) in [5, 5.41) is 10.2. The van der Waals surface area contributed by atoms with Gasteiger partial charge in [-0.2, -0.15) is 18.4 Å². The third-order valence-electron chi connectivity index (χ3n) is 6.64. The number of benzene rings is 3. The van der Waals surface area contributed by atoms with Crippen molar-refractivity contribution in [1.29, 1.82) is 5.26 Å². The molecule has 0 bridgehead atoms. The maximum atomic E-state index is 14.7. The third-order valence-corrected chi connectivity index (χ3v) is 6.64. The van der Waals surface area contributed by atoms with Crippen molar-refractivity contribution < 1.29 is 17.6 Å². The van der Waals surface area contributed by atoms with E-state index in [0.29, 0.717) is 23.1 Å². The first kappa shape index (κ1) is 23.6. The highest BCUT2D eigenvalue weighted by atomic mass is 19.4. The van der Waals surface area contributed by atoms with Crippen LogP contribution < -0.4 is 9.80 Å². The molecule has 3 aromatic carbocycles. The summed E-state index contributed by atoms with van der Waals surface area (Å²) in [5.41, 5.74) is 2.80. The molecule has 2 heterocycles. The Bertz CT molecular complexity index is 1520. The minimum absolute atomic E-state index is 0.120. The molecule has 0 unspecified atom stereocenters. The SMILES string of the molecule is CN1CN(c2ccc(C(C)(C)C#N)cc2)c2c1cnc1ccc(-c3cc(C(F)(F)F)ccc3F)cc21. The maximum Gasteiger partial charge on any atom is 0.416 e. The van der Waals surface area contributed by atoms with Crippen molar-refractivity contribution in [2.45, 2.75) is 25.4 Å². The van der Waals surface area contributed by atoms with E-state index in [2.05, 4.69) is 16.0 Å². The quantitative estimate of drug-likeness (QED) is 0.281. The fourth-order valence-corrected chi connectivity index (χ4v) is 4.51. The molecule has 0 fully saturated rings. The van der Waals surface area contributed by atoms with Gasteiger partial charge in [0, 0.05) is 23.7 Å². The van der Waals surface area contributed by atoms with Gasteiger partial charge in [0.25, 0.3) is 0 Å². The molecule has 4 nitrogen and oxygen atoms in total. The van der Waals surface area contributed by atoms with Crippen molar-refractivity contribution in [2.75, 3.05) is 23.5 Å². The van der Waals surface area contributed by atoms with E-state index in [1.165, 1.54) is 0 Å². The monoisotopic (exact) mass is 490 g/mol. The van der Waals surface area contributed by atoms with Crippen LogP contribution in [0.5, 0.6) is 0 Å². The second kappa shape index (κ2) is 8.23. The van der Waals surface area contributed by atoms with E-state index in [1.54, 1.807) is 24.4 Å². The van der Waals surface area contributed by atoms with Gasteiger partial charge in [-0.05, 0) is 67.4 Å². The molecule has 1 aromatic heterocycles. The van der Waals surface area contributed by atoms with Gasteiger partial charge in [-0.1, -0.05) is 18.2 Å². The Labute approximate surface area is 206 Å². The number of hydrogen-bond acceptors (Lipinski definition) is 4. The van der Waals surface area contributed by atoms with Gasteiger partial charge in [-0.3, -0.25) is 4.98 Å². The maximum absolute atomic E-state index is 14.7. The van der Waals surface area contributed by atoms with Crippen molar-refractivity contribution >= 4 is 28.0 Å². The summed E-state index contributed by atoms with van der Waals surface area (Å²) in [7, 11) is 1.93. The topological polar surface area (TPSA) is 43.2 Å². The highest BCUT2D eigenvalue weighted by molar-refractivity contribution is 6.04. The molecule has 0 saturated carbocycles. The van der Waals surface area contributed by atoms with E-state index in [4.69, 9.17) is 0 Å².